The molecule has 4 aromatic rings. The van der Waals surface area contributed by atoms with Crippen molar-refractivity contribution in [2.24, 2.45) is 0 Å². The zero-order valence-electron chi connectivity index (χ0n) is 21.0. The van der Waals surface area contributed by atoms with E-state index in [2.05, 4.69) is 30.5 Å². The number of hydrogen-bond acceptors (Lipinski definition) is 8. The van der Waals surface area contributed by atoms with Crippen molar-refractivity contribution in [3.8, 4) is 11.3 Å². The van der Waals surface area contributed by atoms with E-state index in [0.717, 1.165) is 28.1 Å². The average Bonchev–Trinajstić information content (AvgIpc) is 2.93. The standard InChI is InChI=1S/C28H28N6O3S/c1-20-2-7-24(18-26(20)33-28-30-13-10-25(32-28)22-8-11-29-12-9-22)31-27(35)23-5-3-21(4-6-23)19-34-14-16-38(36,37)17-15-34/h2-13,18H,14-17,19H2,1H3,(H,31,35)(H,30,32,33). The quantitative estimate of drug-likeness (QED) is 0.369. The van der Waals surface area contributed by atoms with Gasteiger partial charge in [-0.3, -0.25) is 14.7 Å². The molecule has 5 rings (SSSR count). The number of nitrogens with zero attached hydrogens (tertiary/aromatic N) is 4. The lowest BCUT2D eigenvalue weighted by atomic mass is 10.1. The lowest BCUT2D eigenvalue weighted by Gasteiger charge is -2.26. The van der Waals surface area contributed by atoms with E-state index in [4.69, 9.17) is 0 Å². The van der Waals surface area contributed by atoms with E-state index in [9.17, 15) is 13.2 Å². The van der Waals surface area contributed by atoms with E-state index >= 15 is 0 Å². The minimum Gasteiger partial charge on any atom is -0.324 e. The first-order chi connectivity index (χ1) is 18.3. The Morgan fingerprint density at radius 1 is 0.947 bits per heavy atom. The molecule has 2 aromatic carbocycles. The molecule has 2 N–H and O–H groups in total. The van der Waals surface area contributed by atoms with Crippen LogP contribution in [0.15, 0.2) is 79.3 Å². The molecule has 1 aliphatic rings. The van der Waals surface area contributed by atoms with Gasteiger partial charge in [0, 0.05) is 60.7 Å². The summed E-state index contributed by atoms with van der Waals surface area (Å²) in [5.74, 6) is 0.631. The third kappa shape index (κ3) is 6.39. The molecule has 1 fully saturated rings. The monoisotopic (exact) mass is 528 g/mol. The Balaban J connectivity index is 1.23. The van der Waals surface area contributed by atoms with Gasteiger partial charge in [-0.1, -0.05) is 18.2 Å². The number of nitrogens with one attached hydrogen (secondary N) is 2. The van der Waals surface area contributed by atoms with Crippen LogP contribution in [0.2, 0.25) is 0 Å². The first-order valence-corrected chi connectivity index (χ1v) is 14.1. The number of aryl methyl sites for hydroxylation is 1. The highest BCUT2D eigenvalue weighted by molar-refractivity contribution is 7.91. The number of benzene rings is 2. The molecule has 0 unspecified atom stereocenters. The van der Waals surface area contributed by atoms with Gasteiger partial charge in [0.05, 0.1) is 17.2 Å². The summed E-state index contributed by atoms with van der Waals surface area (Å²) in [5.41, 5.74) is 5.71. The molecule has 0 aliphatic carbocycles. The lowest BCUT2D eigenvalue weighted by molar-refractivity contribution is 0.102. The molecule has 0 spiro atoms. The zero-order valence-corrected chi connectivity index (χ0v) is 21.8. The van der Waals surface area contributed by atoms with Gasteiger partial charge in [0.25, 0.3) is 5.91 Å². The molecule has 9 nitrogen and oxygen atoms in total. The van der Waals surface area contributed by atoms with Crippen molar-refractivity contribution in [1.29, 1.82) is 0 Å². The number of aromatic nitrogens is 3. The molecule has 0 radical (unpaired) electrons. The number of amides is 1. The summed E-state index contributed by atoms with van der Waals surface area (Å²) in [5, 5.41) is 6.21. The summed E-state index contributed by atoms with van der Waals surface area (Å²) in [6.45, 7) is 3.70. The van der Waals surface area contributed by atoms with Crippen molar-refractivity contribution in [1.82, 2.24) is 19.9 Å². The van der Waals surface area contributed by atoms with Crippen LogP contribution < -0.4 is 10.6 Å². The van der Waals surface area contributed by atoms with Crippen LogP contribution in [0.5, 0.6) is 0 Å². The van der Waals surface area contributed by atoms with Crippen molar-refractivity contribution in [3.05, 3.63) is 95.9 Å². The molecule has 10 heteroatoms. The lowest BCUT2D eigenvalue weighted by Crippen LogP contribution is -2.39. The van der Waals surface area contributed by atoms with Gasteiger partial charge in [-0.25, -0.2) is 18.4 Å². The van der Waals surface area contributed by atoms with Crippen molar-refractivity contribution >= 4 is 33.1 Å². The highest BCUT2D eigenvalue weighted by Gasteiger charge is 2.21. The van der Waals surface area contributed by atoms with E-state index < -0.39 is 9.84 Å². The van der Waals surface area contributed by atoms with Crippen LogP contribution in [0.4, 0.5) is 17.3 Å². The first-order valence-electron chi connectivity index (χ1n) is 12.3. The van der Waals surface area contributed by atoms with Gasteiger partial charge in [0.2, 0.25) is 5.95 Å². The number of sulfone groups is 1. The maximum absolute atomic E-state index is 12.9. The smallest absolute Gasteiger partial charge is 0.255 e. The number of pyridine rings is 1. The van der Waals surface area contributed by atoms with Crippen LogP contribution in [0.3, 0.4) is 0 Å². The molecule has 2 aromatic heterocycles. The Bertz CT molecular complexity index is 1530. The Kier molecular flexibility index (Phi) is 7.43. The molecule has 0 atom stereocenters. The number of hydrogen-bond donors (Lipinski definition) is 2. The van der Waals surface area contributed by atoms with Gasteiger partial charge >= 0.3 is 0 Å². The van der Waals surface area contributed by atoms with Crippen LogP contribution in [0.25, 0.3) is 11.3 Å². The zero-order chi connectivity index (χ0) is 26.5. The average molecular weight is 529 g/mol. The summed E-state index contributed by atoms with van der Waals surface area (Å²) < 4.78 is 23.3. The number of carbonyl (C=O) groups excluding carboxylic acids is 1. The van der Waals surface area contributed by atoms with Crippen LogP contribution in [0, 0.1) is 6.92 Å². The van der Waals surface area contributed by atoms with Gasteiger partial charge in [-0.15, -0.1) is 0 Å². The largest absolute Gasteiger partial charge is 0.324 e. The van der Waals surface area contributed by atoms with Gasteiger partial charge in [-0.2, -0.15) is 0 Å². The van der Waals surface area contributed by atoms with E-state index in [0.29, 0.717) is 36.8 Å². The van der Waals surface area contributed by atoms with E-state index in [1.807, 2.05) is 55.5 Å². The summed E-state index contributed by atoms with van der Waals surface area (Å²) >= 11 is 0. The third-order valence-electron chi connectivity index (χ3n) is 6.43. The second-order valence-corrected chi connectivity index (χ2v) is 11.5. The molecule has 1 aliphatic heterocycles. The molecule has 194 valence electrons. The maximum Gasteiger partial charge on any atom is 0.255 e. The van der Waals surface area contributed by atoms with Gasteiger partial charge in [0.1, 0.15) is 0 Å². The highest BCUT2D eigenvalue weighted by atomic mass is 32.2. The molecular weight excluding hydrogens is 500 g/mol. The van der Waals surface area contributed by atoms with Crippen LogP contribution in [-0.2, 0) is 16.4 Å². The second kappa shape index (κ2) is 11.1. The number of carbonyl (C=O) groups is 1. The van der Waals surface area contributed by atoms with E-state index in [-0.39, 0.29) is 17.4 Å². The third-order valence-corrected chi connectivity index (χ3v) is 8.04. The Hall–Kier alpha value is -4.15. The fraction of sp³-hybridized carbons (Fsp3) is 0.214. The molecule has 38 heavy (non-hydrogen) atoms. The van der Waals surface area contributed by atoms with E-state index in [1.54, 1.807) is 30.7 Å². The molecule has 3 heterocycles. The predicted molar refractivity (Wildman–Crippen MR) is 148 cm³/mol. The molecule has 0 saturated carbocycles. The fourth-order valence-electron chi connectivity index (χ4n) is 4.19. The SMILES string of the molecule is Cc1ccc(NC(=O)c2ccc(CN3CCS(=O)(=O)CC3)cc2)cc1Nc1nccc(-c2ccncc2)n1. The Morgan fingerprint density at radius 2 is 1.68 bits per heavy atom. The van der Waals surface area contributed by atoms with Crippen LogP contribution in [-0.4, -0.2) is 58.8 Å². The van der Waals surface area contributed by atoms with Crippen molar-refractivity contribution in [3.63, 3.8) is 0 Å². The predicted octanol–water partition coefficient (Wildman–Crippen LogP) is 4.07. The summed E-state index contributed by atoms with van der Waals surface area (Å²) in [6, 6.07) is 18.6. The van der Waals surface area contributed by atoms with E-state index in [1.165, 1.54) is 0 Å². The second-order valence-electron chi connectivity index (χ2n) is 9.24. The number of anilines is 3. The number of rotatable bonds is 7. The topological polar surface area (TPSA) is 117 Å². The molecular formula is C28H28N6O3S. The molecule has 0 bridgehead atoms. The van der Waals surface area contributed by atoms with Gasteiger partial charge in [-0.05, 0) is 60.5 Å². The highest BCUT2D eigenvalue weighted by Crippen LogP contribution is 2.25. The minimum atomic E-state index is -2.90. The Morgan fingerprint density at radius 3 is 2.42 bits per heavy atom. The Labute approximate surface area is 221 Å². The normalized spacial score (nSPS) is 15.1. The minimum absolute atomic E-state index is 0.198. The van der Waals surface area contributed by atoms with Crippen molar-refractivity contribution in [2.45, 2.75) is 13.5 Å². The van der Waals surface area contributed by atoms with Crippen molar-refractivity contribution < 1.29 is 13.2 Å². The summed E-state index contributed by atoms with van der Waals surface area (Å²) in [7, 11) is -2.90. The maximum atomic E-state index is 12.9. The summed E-state index contributed by atoms with van der Waals surface area (Å²) in [6.07, 6.45) is 5.14. The fourth-order valence-corrected chi connectivity index (χ4v) is 5.47. The van der Waals surface area contributed by atoms with Crippen molar-refractivity contribution in [2.75, 3.05) is 35.2 Å². The van der Waals surface area contributed by atoms with Crippen LogP contribution in [0.1, 0.15) is 21.5 Å². The van der Waals surface area contributed by atoms with Crippen LogP contribution >= 0.6 is 0 Å². The first kappa shape index (κ1) is 25.5. The molecule has 1 amide bonds. The molecule has 1 saturated heterocycles. The van der Waals surface area contributed by atoms with Gasteiger partial charge in [0.15, 0.2) is 9.84 Å². The van der Waals surface area contributed by atoms with Gasteiger partial charge < -0.3 is 10.6 Å². The summed E-state index contributed by atoms with van der Waals surface area (Å²) in [4.78, 5) is 28.0.